The van der Waals surface area contributed by atoms with Gasteiger partial charge in [0.25, 0.3) is 0 Å². The molecule has 20 heavy (non-hydrogen) atoms. The number of rotatable bonds is 5. The minimum atomic E-state index is -3.54. The fourth-order valence-electron chi connectivity index (χ4n) is 1.93. The number of halogens is 1. The Labute approximate surface area is 123 Å². The van der Waals surface area contributed by atoms with Crippen LogP contribution in [0.3, 0.4) is 0 Å². The Morgan fingerprint density at radius 1 is 1.45 bits per heavy atom. The van der Waals surface area contributed by atoms with E-state index in [9.17, 15) is 8.42 Å². The van der Waals surface area contributed by atoms with Gasteiger partial charge in [-0.15, -0.1) is 0 Å². The molecule has 0 bridgehead atoms. The number of hydrogen-bond donors (Lipinski definition) is 1. The van der Waals surface area contributed by atoms with Crippen molar-refractivity contribution in [1.29, 1.82) is 0 Å². The third-order valence-electron chi connectivity index (χ3n) is 2.78. The minimum absolute atomic E-state index is 0.165. The van der Waals surface area contributed by atoms with Crippen LogP contribution in [0.2, 0.25) is 5.02 Å². The van der Waals surface area contributed by atoms with Crippen molar-refractivity contribution in [2.45, 2.75) is 24.3 Å². The van der Waals surface area contributed by atoms with E-state index in [1.165, 1.54) is 17.1 Å². The van der Waals surface area contributed by atoms with Crippen LogP contribution in [-0.4, -0.2) is 24.2 Å². The zero-order valence-corrected chi connectivity index (χ0v) is 12.8. The lowest BCUT2D eigenvalue weighted by molar-refractivity contribution is 0.559. The summed E-state index contributed by atoms with van der Waals surface area (Å²) in [4.78, 5) is 0.165. The largest absolute Gasteiger partial charge is 0.274 e. The SMILES string of the molecule is C[C@@H](Cc1cccc(Cl)c1)NS(=O)(=O)c1cnn(C)c1. The third kappa shape index (κ3) is 3.82. The maximum atomic E-state index is 12.1. The fraction of sp³-hybridized carbons (Fsp3) is 0.308. The van der Waals surface area contributed by atoms with Gasteiger partial charge in [0.05, 0.1) is 6.20 Å². The van der Waals surface area contributed by atoms with E-state index >= 15 is 0 Å². The van der Waals surface area contributed by atoms with Crippen LogP contribution in [-0.2, 0) is 23.5 Å². The van der Waals surface area contributed by atoms with Gasteiger partial charge in [0.2, 0.25) is 10.0 Å². The van der Waals surface area contributed by atoms with Crippen molar-refractivity contribution in [3.63, 3.8) is 0 Å². The molecule has 0 unspecified atom stereocenters. The molecule has 0 radical (unpaired) electrons. The molecule has 0 spiro atoms. The van der Waals surface area contributed by atoms with Gasteiger partial charge in [-0.05, 0) is 31.0 Å². The maximum Gasteiger partial charge on any atom is 0.243 e. The fourth-order valence-corrected chi connectivity index (χ4v) is 3.37. The molecule has 108 valence electrons. The average molecular weight is 314 g/mol. The number of nitrogens with zero attached hydrogens (tertiary/aromatic N) is 2. The smallest absolute Gasteiger partial charge is 0.243 e. The van der Waals surface area contributed by atoms with Crippen molar-refractivity contribution in [2.24, 2.45) is 7.05 Å². The van der Waals surface area contributed by atoms with Crippen LogP contribution in [0, 0.1) is 0 Å². The Balaban J connectivity index is 2.06. The summed E-state index contributed by atoms with van der Waals surface area (Å²) in [6.45, 7) is 1.81. The lowest BCUT2D eigenvalue weighted by atomic mass is 10.1. The number of aromatic nitrogens is 2. The summed E-state index contributed by atoms with van der Waals surface area (Å²) in [5, 5.41) is 4.51. The van der Waals surface area contributed by atoms with Gasteiger partial charge in [0.1, 0.15) is 4.90 Å². The van der Waals surface area contributed by atoms with E-state index in [1.54, 1.807) is 13.1 Å². The monoisotopic (exact) mass is 313 g/mol. The summed E-state index contributed by atoms with van der Waals surface area (Å²) in [7, 11) is -1.86. The molecule has 7 heteroatoms. The topological polar surface area (TPSA) is 64.0 Å². The highest BCUT2D eigenvalue weighted by Gasteiger charge is 2.19. The average Bonchev–Trinajstić information content (AvgIpc) is 2.75. The minimum Gasteiger partial charge on any atom is -0.274 e. The van der Waals surface area contributed by atoms with Crippen LogP contribution in [0.1, 0.15) is 12.5 Å². The first-order chi connectivity index (χ1) is 9.37. The molecule has 1 aromatic heterocycles. The first-order valence-corrected chi connectivity index (χ1v) is 7.98. The number of sulfonamides is 1. The second-order valence-electron chi connectivity index (χ2n) is 4.71. The van der Waals surface area contributed by atoms with Gasteiger partial charge < -0.3 is 0 Å². The Morgan fingerprint density at radius 2 is 2.20 bits per heavy atom. The van der Waals surface area contributed by atoms with Gasteiger partial charge in [-0.25, -0.2) is 13.1 Å². The molecule has 2 aromatic rings. The number of hydrogen-bond acceptors (Lipinski definition) is 3. The summed E-state index contributed by atoms with van der Waals surface area (Å²) in [5.74, 6) is 0. The van der Waals surface area contributed by atoms with Crippen molar-refractivity contribution >= 4 is 21.6 Å². The number of nitrogens with one attached hydrogen (secondary N) is 1. The molecule has 0 aliphatic heterocycles. The van der Waals surface area contributed by atoms with Crippen molar-refractivity contribution < 1.29 is 8.42 Å². The summed E-state index contributed by atoms with van der Waals surface area (Å²) in [6.07, 6.45) is 3.36. The van der Waals surface area contributed by atoms with Gasteiger partial charge in [0, 0.05) is 24.3 Å². The van der Waals surface area contributed by atoms with E-state index in [0.717, 1.165) is 5.56 Å². The van der Waals surface area contributed by atoms with Crippen LogP contribution < -0.4 is 4.72 Å². The molecule has 1 heterocycles. The summed E-state index contributed by atoms with van der Waals surface area (Å²) in [6, 6.07) is 7.14. The van der Waals surface area contributed by atoms with Crippen molar-refractivity contribution in [3.8, 4) is 0 Å². The Kier molecular flexibility index (Phi) is 4.47. The Bertz CT molecular complexity index is 697. The van der Waals surface area contributed by atoms with E-state index < -0.39 is 10.0 Å². The predicted octanol–water partition coefficient (Wildman–Crippen LogP) is 1.98. The molecule has 0 saturated heterocycles. The lowest BCUT2D eigenvalue weighted by Gasteiger charge is -2.13. The molecule has 1 N–H and O–H groups in total. The lowest BCUT2D eigenvalue weighted by Crippen LogP contribution is -2.33. The molecule has 1 atom stereocenters. The first-order valence-electron chi connectivity index (χ1n) is 6.12. The summed E-state index contributed by atoms with van der Waals surface area (Å²) >= 11 is 5.91. The highest BCUT2D eigenvalue weighted by Crippen LogP contribution is 2.13. The normalized spacial score (nSPS) is 13.3. The second kappa shape index (κ2) is 5.95. The molecule has 5 nitrogen and oxygen atoms in total. The Morgan fingerprint density at radius 3 is 2.80 bits per heavy atom. The van der Waals surface area contributed by atoms with E-state index in [1.807, 2.05) is 25.1 Å². The molecule has 0 aliphatic carbocycles. The maximum absolute atomic E-state index is 12.1. The summed E-state index contributed by atoms with van der Waals surface area (Å²) in [5.41, 5.74) is 0.985. The molecule has 1 aromatic carbocycles. The van der Waals surface area contributed by atoms with Gasteiger partial charge >= 0.3 is 0 Å². The number of benzene rings is 1. The molecule has 0 fully saturated rings. The number of aryl methyl sites for hydroxylation is 1. The van der Waals surface area contributed by atoms with Crippen LogP contribution in [0.5, 0.6) is 0 Å². The zero-order chi connectivity index (χ0) is 14.8. The standard InChI is InChI=1S/C13H16ClN3O2S/c1-10(6-11-4-3-5-12(14)7-11)16-20(18,19)13-8-15-17(2)9-13/h3-5,7-10,16H,6H2,1-2H3/t10-/m0/s1. The molecular weight excluding hydrogens is 298 g/mol. The van der Waals surface area contributed by atoms with E-state index in [4.69, 9.17) is 11.6 Å². The second-order valence-corrected chi connectivity index (χ2v) is 6.86. The highest BCUT2D eigenvalue weighted by molar-refractivity contribution is 7.89. The van der Waals surface area contributed by atoms with Crippen LogP contribution >= 0.6 is 11.6 Å². The van der Waals surface area contributed by atoms with Crippen molar-refractivity contribution in [1.82, 2.24) is 14.5 Å². The van der Waals surface area contributed by atoms with E-state index in [0.29, 0.717) is 11.4 Å². The van der Waals surface area contributed by atoms with Crippen LogP contribution in [0.4, 0.5) is 0 Å². The van der Waals surface area contributed by atoms with E-state index in [2.05, 4.69) is 9.82 Å². The third-order valence-corrected chi connectivity index (χ3v) is 4.56. The van der Waals surface area contributed by atoms with Crippen molar-refractivity contribution in [2.75, 3.05) is 0 Å². The molecular formula is C13H16ClN3O2S. The van der Waals surface area contributed by atoms with Gasteiger partial charge in [-0.1, -0.05) is 23.7 Å². The molecule has 0 amide bonds. The molecule has 0 saturated carbocycles. The molecule has 2 rings (SSSR count). The quantitative estimate of drug-likeness (QED) is 0.918. The zero-order valence-electron chi connectivity index (χ0n) is 11.2. The van der Waals surface area contributed by atoms with Gasteiger partial charge in [-0.2, -0.15) is 5.10 Å². The highest BCUT2D eigenvalue weighted by atomic mass is 35.5. The van der Waals surface area contributed by atoms with E-state index in [-0.39, 0.29) is 10.9 Å². The Hall–Kier alpha value is -1.37. The predicted molar refractivity (Wildman–Crippen MR) is 78.1 cm³/mol. The van der Waals surface area contributed by atoms with Gasteiger partial charge in [-0.3, -0.25) is 4.68 Å². The van der Waals surface area contributed by atoms with Gasteiger partial charge in [0.15, 0.2) is 0 Å². The summed E-state index contributed by atoms with van der Waals surface area (Å²) < 4.78 is 28.3. The molecule has 0 aliphatic rings. The van der Waals surface area contributed by atoms with Crippen LogP contribution in [0.15, 0.2) is 41.6 Å². The van der Waals surface area contributed by atoms with Crippen molar-refractivity contribution in [3.05, 3.63) is 47.2 Å². The first kappa shape index (κ1) is 15.0. The van der Waals surface area contributed by atoms with Crippen LogP contribution in [0.25, 0.3) is 0 Å².